The Balaban J connectivity index is 1.55. The van der Waals surface area contributed by atoms with E-state index in [4.69, 9.17) is 11.6 Å². The number of carbonyl (C=O) groups is 1. The molecule has 0 saturated carbocycles. The van der Waals surface area contributed by atoms with E-state index in [2.05, 4.69) is 26.0 Å². The molecule has 0 aliphatic rings. The molecule has 0 spiro atoms. The number of hydrogen-bond acceptors (Lipinski definition) is 7. The summed E-state index contributed by atoms with van der Waals surface area (Å²) in [5.41, 5.74) is 2.13. The molecule has 0 bridgehead atoms. The number of anilines is 3. The van der Waals surface area contributed by atoms with Gasteiger partial charge in [-0.25, -0.2) is 13.6 Å². The van der Waals surface area contributed by atoms with Gasteiger partial charge in [-0.2, -0.15) is 9.89 Å². The highest BCUT2D eigenvalue weighted by Gasteiger charge is 2.22. The Morgan fingerprint density at radius 1 is 1.25 bits per heavy atom. The van der Waals surface area contributed by atoms with Crippen molar-refractivity contribution in [1.29, 1.82) is 0 Å². The van der Waals surface area contributed by atoms with E-state index in [-0.39, 0.29) is 17.5 Å². The maximum absolute atomic E-state index is 13.8. The summed E-state index contributed by atoms with van der Waals surface area (Å²) in [6.07, 6.45) is 2.86. The van der Waals surface area contributed by atoms with Crippen LogP contribution in [0.25, 0.3) is 10.9 Å². The minimum Gasteiger partial charge on any atom is -0.383 e. The standard InChI is InChI=1S/C22H23ClFN7O3S2/c1-2-25-8-9-26-18-11-15(24)7-6-14(18)10-21(32)29-17-4-3-5-19-16(17)12-28-30(19)31(36(33)34)22-27-13-20(23)35-22/h3-7,11-13,25-26H,2,8-10H2,1H3,(H,29,32)(H,33,34). The maximum Gasteiger partial charge on any atom is 0.285 e. The fourth-order valence-corrected chi connectivity index (χ4v) is 5.08. The topological polar surface area (TPSA) is 124 Å². The lowest BCUT2D eigenvalue weighted by Crippen LogP contribution is -2.32. The van der Waals surface area contributed by atoms with Crippen LogP contribution in [0, 0.1) is 5.82 Å². The first-order valence-electron chi connectivity index (χ1n) is 10.9. The number of rotatable bonds is 11. The molecule has 4 N–H and O–H groups in total. The zero-order valence-corrected chi connectivity index (χ0v) is 21.5. The van der Waals surface area contributed by atoms with Crippen LogP contribution in [0.5, 0.6) is 0 Å². The smallest absolute Gasteiger partial charge is 0.285 e. The highest BCUT2D eigenvalue weighted by molar-refractivity contribution is 7.81. The largest absolute Gasteiger partial charge is 0.383 e. The summed E-state index contributed by atoms with van der Waals surface area (Å²) in [6.45, 7) is 4.11. The lowest BCUT2D eigenvalue weighted by molar-refractivity contribution is -0.115. The molecule has 2 aromatic heterocycles. The van der Waals surface area contributed by atoms with Gasteiger partial charge in [0.1, 0.15) is 10.2 Å². The number of carbonyl (C=O) groups excluding carboxylic acids is 1. The molecule has 2 heterocycles. The van der Waals surface area contributed by atoms with Crippen LogP contribution in [0.15, 0.2) is 48.8 Å². The number of aromatic nitrogens is 3. The van der Waals surface area contributed by atoms with Gasteiger partial charge in [-0.1, -0.05) is 42.0 Å². The van der Waals surface area contributed by atoms with Gasteiger partial charge in [0.05, 0.1) is 30.0 Å². The predicted octanol–water partition coefficient (Wildman–Crippen LogP) is 3.89. The van der Waals surface area contributed by atoms with Gasteiger partial charge in [0, 0.05) is 24.2 Å². The number of amides is 1. The van der Waals surface area contributed by atoms with Gasteiger partial charge >= 0.3 is 0 Å². The summed E-state index contributed by atoms with van der Waals surface area (Å²) < 4.78 is 37.1. The SMILES string of the molecule is CCNCCNc1cc(F)ccc1CC(=O)Nc1cccc2c1cnn2N(c1ncc(Cl)s1)S(=O)O. The molecule has 4 rings (SSSR count). The quantitative estimate of drug-likeness (QED) is 0.165. The van der Waals surface area contributed by atoms with Crippen LogP contribution >= 0.6 is 22.9 Å². The average molecular weight is 552 g/mol. The lowest BCUT2D eigenvalue weighted by Gasteiger charge is -2.17. The second kappa shape index (κ2) is 11.8. The third-order valence-corrected chi connectivity index (χ3v) is 6.94. The van der Waals surface area contributed by atoms with E-state index in [1.807, 2.05) is 6.92 Å². The fraction of sp³-hybridized carbons (Fsp3) is 0.227. The first-order chi connectivity index (χ1) is 17.4. The zero-order valence-electron chi connectivity index (χ0n) is 19.1. The number of likely N-dealkylation sites (N-methyl/N-ethyl adjacent to an activating group) is 1. The number of nitrogens with one attached hydrogen (secondary N) is 3. The monoisotopic (exact) mass is 551 g/mol. The number of nitrogens with zero attached hydrogens (tertiary/aromatic N) is 4. The lowest BCUT2D eigenvalue weighted by atomic mass is 10.1. The average Bonchev–Trinajstić information content (AvgIpc) is 3.46. The molecular weight excluding hydrogens is 529 g/mol. The van der Waals surface area contributed by atoms with E-state index in [1.165, 1.54) is 29.3 Å². The third kappa shape index (κ3) is 5.99. The van der Waals surface area contributed by atoms with Crippen LogP contribution in [0.3, 0.4) is 0 Å². The molecule has 1 atom stereocenters. The van der Waals surface area contributed by atoms with Crippen LogP contribution in [-0.4, -0.2) is 49.2 Å². The van der Waals surface area contributed by atoms with Gasteiger partial charge in [-0.3, -0.25) is 9.35 Å². The predicted molar refractivity (Wildman–Crippen MR) is 141 cm³/mol. The summed E-state index contributed by atoms with van der Waals surface area (Å²) in [4.78, 5) is 18.2. The molecular formula is C22H23ClFN7O3S2. The van der Waals surface area contributed by atoms with Crippen LogP contribution in [0.4, 0.5) is 20.9 Å². The van der Waals surface area contributed by atoms with Crippen molar-refractivity contribution in [2.75, 3.05) is 34.7 Å². The Hall–Kier alpha value is -3.10. The van der Waals surface area contributed by atoms with E-state index in [9.17, 15) is 17.9 Å². The molecule has 0 saturated heterocycles. The van der Waals surface area contributed by atoms with Crippen molar-refractivity contribution in [1.82, 2.24) is 20.2 Å². The van der Waals surface area contributed by atoms with Crippen LogP contribution in [0.1, 0.15) is 12.5 Å². The van der Waals surface area contributed by atoms with E-state index in [1.54, 1.807) is 24.3 Å². The maximum atomic E-state index is 13.8. The first kappa shape index (κ1) is 26.0. The number of hydrogen-bond donors (Lipinski definition) is 4. The molecule has 1 amide bonds. The van der Waals surface area contributed by atoms with Crippen LogP contribution in [-0.2, 0) is 22.5 Å². The van der Waals surface area contributed by atoms with Gasteiger partial charge in [0.2, 0.25) is 11.0 Å². The van der Waals surface area contributed by atoms with Crippen molar-refractivity contribution in [2.24, 2.45) is 0 Å². The Morgan fingerprint density at radius 2 is 2.08 bits per heavy atom. The summed E-state index contributed by atoms with van der Waals surface area (Å²) in [6, 6.07) is 9.35. The minimum atomic E-state index is -2.49. The van der Waals surface area contributed by atoms with Crippen molar-refractivity contribution >= 4 is 67.5 Å². The minimum absolute atomic E-state index is 0.0126. The molecule has 2 aromatic carbocycles. The van der Waals surface area contributed by atoms with Gasteiger partial charge in [0.15, 0.2) is 0 Å². The Morgan fingerprint density at radius 3 is 2.81 bits per heavy atom. The second-order valence-electron chi connectivity index (χ2n) is 7.53. The normalized spacial score (nSPS) is 12.0. The van der Waals surface area contributed by atoms with Gasteiger partial charge in [0.25, 0.3) is 11.3 Å². The Bertz CT molecular complexity index is 1400. The van der Waals surface area contributed by atoms with Crippen molar-refractivity contribution < 1.29 is 17.9 Å². The zero-order chi connectivity index (χ0) is 25.7. The summed E-state index contributed by atoms with van der Waals surface area (Å²) in [7, 11) is 0. The van der Waals surface area contributed by atoms with Crippen LogP contribution in [0.2, 0.25) is 4.34 Å². The number of halogens is 2. The van der Waals surface area contributed by atoms with E-state index in [0.717, 1.165) is 22.3 Å². The number of fused-ring (bicyclic) bond motifs is 1. The van der Waals surface area contributed by atoms with Crippen molar-refractivity contribution in [3.8, 4) is 0 Å². The molecule has 0 aliphatic carbocycles. The molecule has 4 aromatic rings. The summed E-state index contributed by atoms with van der Waals surface area (Å²) in [5.74, 6) is -0.708. The van der Waals surface area contributed by atoms with Crippen molar-refractivity contribution in [3.63, 3.8) is 0 Å². The Kier molecular flexibility index (Phi) is 8.48. The van der Waals surface area contributed by atoms with E-state index in [0.29, 0.717) is 45.3 Å². The fourth-order valence-electron chi connectivity index (χ4n) is 3.54. The van der Waals surface area contributed by atoms with Crippen molar-refractivity contribution in [2.45, 2.75) is 13.3 Å². The van der Waals surface area contributed by atoms with E-state index < -0.39 is 17.1 Å². The molecule has 10 nitrogen and oxygen atoms in total. The number of thiazole rings is 1. The molecule has 14 heteroatoms. The molecule has 0 fully saturated rings. The third-order valence-electron chi connectivity index (χ3n) is 5.11. The van der Waals surface area contributed by atoms with Gasteiger partial charge in [-0.15, -0.1) is 4.41 Å². The molecule has 36 heavy (non-hydrogen) atoms. The van der Waals surface area contributed by atoms with Gasteiger partial charge < -0.3 is 16.0 Å². The summed E-state index contributed by atoms with van der Waals surface area (Å²) in [5, 5.41) is 14.2. The number of benzene rings is 2. The molecule has 190 valence electrons. The molecule has 0 aliphatic heterocycles. The highest BCUT2D eigenvalue weighted by atomic mass is 35.5. The Labute approximate surface area is 217 Å². The second-order valence-corrected chi connectivity index (χ2v) is 9.98. The first-order valence-corrected chi connectivity index (χ1v) is 13.2. The van der Waals surface area contributed by atoms with Crippen molar-refractivity contribution in [3.05, 3.63) is 64.5 Å². The van der Waals surface area contributed by atoms with Gasteiger partial charge in [-0.05, 0) is 36.4 Å². The highest BCUT2D eigenvalue weighted by Crippen LogP contribution is 2.30. The van der Waals surface area contributed by atoms with Crippen LogP contribution < -0.4 is 20.4 Å². The molecule has 0 radical (unpaired) electrons. The van der Waals surface area contributed by atoms with E-state index >= 15 is 0 Å². The summed E-state index contributed by atoms with van der Waals surface area (Å²) >= 11 is 4.47. The molecule has 1 unspecified atom stereocenters.